The Bertz CT molecular complexity index is 494. The number of benzene rings is 1. The number of ether oxygens (including phenoxy) is 1. The first-order chi connectivity index (χ1) is 7.76. The Morgan fingerprint density at radius 2 is 2.25 bits per heavy atom. The number of methoxy groups -OCH3 is 1. The molecule has 0 saturated heterocycles. The number of alkyl halides is 1. The van der Waals surface area contributed by atoms with Crippen LogP contribution in [0.1, 0.15) is 11.3 Å². The molecule has 0 fully saturated rings. The second-order valence-electron chi connectivity index (χ2n) is 3.50. The molecule has 0 bridgehead atoms. The van der Waals surface area contributed by atoms with Crippen molar-refractivity contribution in [2.45, 2.75) is 12.3 Å². The fourth-order valence-corrected chi connectivity index (χ4v) is 2.13. The van der Waals surface area contributed by atoms with Crippen molar-refractivity contribution in [2.75, 3.05) is 7.11 Å². The van der Waals surface area contributed by atoms with Crippen LogP contribution in [0.4, 0.5) is 0 Å². The lowest BCUT2D eigenvalue weighted by Gasteiger charge is -2.06. The van der Waals surface area contributed by atoms with E-state index in [1.165, 1.54) is 5.56 Å². The molecule has 3 nitrogen and oxygen atoms in total. The van der Waals surface area contributed by atoms with E-state index < -0.39 is 0 Å². The Labute approximate surface area is 103 Å². The summed E-state index contributed by atoms with van der Waals surface area (Å²) in [7, 11) is 1.67. The van der Waals surface area contributed by atoms with Gasteiger partial charge in [-0.2, -0.15) is 5.10 Å². The zero-order chi connectivity index (χ0) is 11.5. The summed E-state index contributed by atoms with van der Waals surface area (Å²) in [5, 5.41) is 5.19. The lowest BCUT2D eigenvalue weighted by molar-refractivity contribution is 0.414. The molecule has 2 rings (SSSR count). The smallest absolute Gasteiger partial charge is 0.121 e. The zero-order valence-electron chi connectivity index (χ0n) is 9.27. The first-order valence-electron chi connectivity index (χ1n) is 5.00. The lowest BCUT2D eigenvalue weighted by Crippen LogP contribution is -1.99. The van der Waals surface area contributed by atoms with Crippen LogP contribution in [0.5, 0.6) is 5.75 Å². The van der Waals surface area contributed by atoms with Gasteiger partial charge in [-0.3, -0.25) is 0 Å². The second kappa shape index (κ2) is 4.70. The average molecular weight is 281 g/mol. The molecule has 0 unspecified atom stereocenters. The molecule has 0 N–H and O–H groups in total. The molecule has 0 amide bonds. The Morgan fingerprint density at radius 1 is 1.44 bits per heavy atom. The first-order valence-corrected chi connectivity index (χ1v) is 6.12. The minimum Gasteiger partial charge on any atom is -0.497 e. The molecule has 84 valence electrons. The van der Waals surface area contributed by atoms with E-state index >= 15 is 0 Å². The van der Waals surface area contributed by atoms with Crippen molar-refractivity contribution < 1.29 is 4.74 Å². The lowest BCUT2D eigenvalue weighted by atomic mass is 10.2. The third-order valence-electron chi connectivity index (χ3n) is 2.55. The predicted octanol–water partition coefficient (Wildman–Crippen LogP) is 3.08. The largest absolute Gasteiger partial charge is 0.497 e. The van der Waals surface area contributed by atoms with E-state index in [0.29, 0.717) is 0 Å². The number of hydrogen-bond acceptors (Lipinski definition) is 2. The number of halogens is 1. The van der Waals surface area contributed by atoms with E-state index in [4.69, 9.17) is 4.74 Å². The highest BCUT2D eigenvalue weighted by Crippen LogP contribution is 2.19. The number of nitrogens with zero attached hydrogens (tertiary/aromatic N) is 2. The molecule has 1 aromatic carbocycles. The molecule has 0 radical (unpaired) electrons. The van der Waals surface area contributed by atoms with Crippen LogP contribution < -0.4 is 4.74 Å². The summed E-state index contributed by atoms with van der Waals surface area (Å²) in [4.78, 5) is 0. The highest BCUT2D eigenvalue weighted by Gasteiger charge is 2.07. The highest BCUT2D eigenvalue weighted by molar-refractivity contribution is 9.08. The number of rotatable bonds is 3. The topological polar surface area (TPSA) is 27.1 Å². The fraction of sp³-hybridized carbons (Fsp3) is 0.250. The average Bonchev–Trinajstić information content (AvgIpc) is 2.70. The minimum atomic E-state index is 0.822. The highest BCUT2D eigenvalue weighted by atomic mass is 79.9. The van der Waals surface area contributed by atoms with Crippen molar-refractivity contribution in [3.63, 3.8) is 0 Å². The zero-order valence-corrected chi connectivity index (χ0v) is 10.9. The van der Waals surface area contributed by atoms with Gasteiger partial charge < -0.3 is 4.74 Å². The van der Waals surface area contributed by atoms with Gasteiger partial charge in [-0.05, 0) is 19.1 Å². The second-order valence-corrected chi connectivity index (χ2v) is 4.06. The van der Waals surface area contributed by atoms with E-state index in [0.717, 1.165) is 22.5 Å². The molecule has 0 aliphatic carbocycles. The van der Waals surface area contributed by atoms with Crippen LogP contribution in [-0.2, 0) is 5.33 Å². The molecular formula is C12H13BrN2O. The molecule has 1 heterocycles. The molecule has 2 aromatic rings. The van der Waals surface area contributed by atoms with Gasteiger partial charge in [0.1, 0.15) is 5.75 Å². The van der Waals surface area contributed by atoms with Gasteiger partial charge in [0.2, 0.25) is 0 Å². The Hall–Kier alpha value is -1.29. The van der Waals surface area contributed by atoms with Gasteiger partial charge >= 0.3 is 0 Å². The maximum atomic E-state index is 5.20. The van der Waals surface area contributed by atoms with Crippen molar-refractivity contribution in [3.05, 3.63) is 41.7 Å². The molecule has 0 atom stereocenters. The summed E-state index contributed by atoms with van der Waals surface area (Å²) in [5.41, 5.74) is 3.36. The maximum absolute atomic E-state index is 5.20. The molecule has 0 spiro atoms. The molecule has 0 aliphatic rings. The standard InChI is InChI=1S/C12H13BrN2O/c1-9-10(7-13)8-14-15(9)11-4-3-5-12(6-11)16-2/h3-6,8H,7H2,1-2H3. The summed E-state index contributed by atoms with van der Waals surface area (Å²) in [6, 6.07) is 7.87. The maximum Gasteiger partial charge on any atom is 0.121 e. The van der Waals surface area contributed by atoms with Crippen LogP contribution in [0.2, 0.25) is 0 Å². The van der Waals surface area contributed by atoms with Crippen molar-refractivity contribution in [1.29, 1.82) is 0 Å². The van der Waals surface area contributed by atoms with Crippen molar-refractivity contribution >= 4 is 15.9 Å². The summed E-state index contributed by atoms with van der Waals surface area (Å²) >= 11 is 3.44. The van der Waals surface area contributed by atoms with Crippen LogP contribution in [-0.4, -0.2) is 16.9 Å². The Kier molecular flexibility index (Phi) is 3.29. The van der Waals surface area contributed by atoms with Crippen LogP contribution in [0.15, 0.2) is 30.5 Å². The number of aromatic nitrogens is 2. The summed E-state index contributed by atoms with van der Waals surface area (Å²) < 4.78 is 7.11. The summed E-state index contributed by atoms with van der Waals surface area (Å²) in [6.45, 7) is 2.06. The van der Waals surface area contributed by atoms with E-state index in [1.54, 1.807) is 7.11 Å². The molecule has 4 heteroatoms. The molecule has 16 heavy (non-hydrogen) atoms. The van der Waals surface area contributed by atoms with Gasteiger partial charge in [-0.15, -0.1) is 0 Å². The summed E-state index contributed by atoms with van der Waals surface area (Å²) in [5.74, 6) is 0.841. The van der Waals surface area contributed by atoms with Crippen molar-refractivity contribution in [3.8, 4) is 11.4 Å². The van der Waals surface area contributed by atoms with Gasteiger partial charge in [0.05, 0.1) is 19.0 Å². The van der Waals surface area contributed by atoms with Gasteiger partial charge in [-0.1, -0.05) is 22.0 Å². The van der Waals surface area contributed by atoms with E-state index in [9.17, 15) is 0 Å². The van der Waals surface area contributed by atoms with Crippen molar-refractivity contribution in [2.24, 2.45) is 0 Å². The quantitative estimate of drug-likeness (QED) is 0.808. The fourth-order valence-electron chi connectivity index (χ4n) is 1.58. The van der Waals surface area contributed by atoms with Crippen LogP contribution in [0, 0.1) is 6.92 Å². The summed E-state index contributed by atoms with van der Waals surface area (Å²) in [6.07, 6.45) is 1.88. The number of hydrogen-bond donors (Lipinski definition) is 0. The van der Waals surface area contributed by atoms with Gasteiger partial charge in [0.25, 0.3) is 0 Å². The van der Waals surface area contributed by atoms with Gasteiger partial charge in [0, 0.05) is 22.7 Å². The van der Waals surface area contributed by atoms with Crippen LogP contribution >= 0.6 is 15.9 Å². The van der Waals surface area contributed by atoms with Crippen LogP contribution in [0.3, 0.4) is 0 Å². The third kappa shape index (κ3) is 1.97. The van der Waals surface area contributed by atoms with Gasteiger partial charge in [0.15, 0.2) is 0 Å². The molecule has 0 aliphatic heterocycles. The van der Waals surface area contributed by atoms with Crippen LogP contribution in [0.25, 0.3) is 5.69 Å². The monoisotopic (exact) mass is 280 g/mol. The van der Waals surface area contributed by atoms with Gasteiger partial charge in [-0.25, -0.2) is 4.68 Å². The molecule has 0 saturated carbocycles. The normalized spacial score (nSPS) is 10.4. The van der Waals surface area contributed by atoms with E-state index in [1.807, 2.05) is 35.1 Å². The molecular weight excluding hydrogens is 268 g/mol. The SMILES string of the molecule is COc1cccc(-n2ncc(CBr)c2C)c1. The predicted molar refractivity (Wildman–Crippen MR) is 67.5 cm³/mol. The van der Waals surface area contributed by atoms with E-state index in [-0.39, 0.29) is 0 Å². The Balaban J connectivity index is 2.45. The first kappa shape index (κ1) is 11.2. The molecule has 1 aromatic heterocycles. The third-order valence-corrected chi connectivity index (χ3v) is 3.16. The Morgan fingerprint density at radius 3 is 2.88 bits per heavy atom. The van der Waals surface area contributed by atoms with E-state index in [2.05, 4.69) is 28.0 Å². The van der Waals surface area contributed by atoms with Crippen molar-refractivity contribution in [1.82, 2.24) is 9.78 Å². The minimum absolute atomic E-state index is 0.822.